The van der Waals surface area contributed by atoms with Crippen LogP contribution in [0.3, 0.4) is 0 Å². The number of carbonyl (C=O) groups is 1. The number of aliphatic carboxylic acids is 1. The standard InChI is InChI=1S/C7H14.C2H4O2/c1-2-3-4-7-5-6-7;1-2(3)4/h7H,2-6H2,1H3;1H3,(H,3,4)/p-1. The molecule has 1 fully saturated rings. The quantitative estimate of drug-likeness (QED) is 0.620. The van der Waals surface area contributed by atoms with Crippen LogP contribution in [-0.4, -0.2) is 5.97 Å². The summed E-state index contributed by atoms with van der Waals surface area (Å²) in [5, 5.41) is 8.89. The van der Waals surface area contributed by atoms with E-state index in [1.807, 2.05) is 0 Å². The van der Waals surface area contributed by atoms with E-state index in [-0.39, 0.29) is 0 Å². The molecule has 0 aliphatic heterocycles. The van der Waals surface area contributed by atoms with Crippen LogP contribution < -0.4 is 5.11 Å². The Morgan fingerprint density at radius 1 is 1.55 bits per heavy atom. The average molecular weight is 157 g/mol. The zero-order valence-electron chi connectivity index (χ0n) is 7.43. The maximum atomic E-state index is 8.89. The fraction of sp³-hybridized carbons (Fsp3) is 0.889. The van der Waals surface area contributed by atoms with E-state index in [0.29, 0.717) is 0 Å². The minimum absolute atomic E-state index is 0.972. The molecule has 2 nitrogen and oxygen atoms in total. The molecule has 0 amide bonds. The van der Waals surface area contributed by atoms with Gasteiger partial charge in [0.25, 0.3) is 0 Å². The molecule has 0 spiro atoms. The molecule has 0 N–H and O–H groups in total. The summed E-state index contributed by atoms with van der Waals surface area (Å²) in [6.45, 7) is 3.24. The second kappa shape index (κ2) is 6.20. The van der Waals surface area contributed by atoms with Crippen molar-refractivity contribution < 1.29 is 9.90 Å². The first-order valence-corrected chi connectivity index (χ1v) is 4.34. The maximum Gasteiger partial charge on any atom is 0.0383 e. The Hall–Kier alpha value is -0.530. The lowest BCUT2D eigenvalue weighted by Crippen LogP contribution is -2.16. The van der Waals surface area contributed by atoms with Crippen molar-refractivity contribution in [1.29, 1.82) is 0 Å². The van der Waals surface area contributed by atoms with E-state index in [9.17, 15) is 0 Å². The number of hydrogen-bond acceptors (Lipinski definition) is 2. The Balaban J connectivity index is 0.000000218. The van der Waals surface area contributed by atoms with E-state index < -0.39 is 5.97 Å². The Bertz CT molecular complexity index is 102. The Kier molecular flexibility index (Phi) is 5.90. The van der Waals surface area contributed by atoms with Gasteiger partial charge in [0.2, 0.25) is 0 Å². The number of hydrogen-bond donors (Lipinski definition) is 0. The van der Waals surface area contributed by atoms with Crippen molar-refractivity contribution in [3.63, 3.8) is 0 Å². The molecule has 0 radical (unpaired) electrons. The molecule has 2 heteroatoms. The van der Waals surface area contributed by atoms with E-state index in [2.05, 4.69) is 6.92 Å². The van der Waals surface area contributed by atoms with Crippen molar-refractivity contribution in [2.45, 2.75) is 46.0 Å². The molecule has 1 aliphatic carbocycles. The summed E-state index contributed by atoms with van der Waals surface area (Å²) in [4.78, 5) is 8.89. The molecule has 11 heavy (non-hydrogen) atoms. The monoisotopic (exact) mass is 157 g/mol. The lowest BCUT2D eigenvalue weighted by Gasteiger charge is -1.88. The third-order valence-corrected chi connectivity index (χ3v) is 1.66. The first-order chi connectivity index (χ1) is 5.16. The van der Waals surface area contributed by atoms with Crippen molar-refractivity contribution in [1.82, 2.24) is 0 Å². The summed E-state index contributed by atoms with van der Waals surface area (Å²) in [6, 6.07) is 0. The molecule has 0 aromatic carbocycles. The minimum atomic E-state index is -1.08. The van der Waals surface area contributed by atoms with E-state index in [4.69, 9.17) is 9.90 Å². The highest BCUT2D eigenvalue weighted by Gasteiger charge is 2.19. The SMILES string of the molecule is CC(=O)[O-].CCCCC1CC1. The molecule has 0 saturated heterocycles. The lowest BCUT2D eigenvalue weighted by atomic mass is 10.2. The highest BCUT2D eigenvalue weighted by atomic mass is 16.4. The minimum Gasteiger partial charge on any atom is -0.550 e. The molecule has 0 heterocycles. The zero-order valence-corrected chi connectivity index (χ0v) is 7.43. The average Bonchev–Trinajstić information content (AvgIpc) is 2.64. The Morgan fingerprint density at radius 3 is 2.27 bits per heavy atom. The molecule has 0 bridgehead atoms. The van der Waals surface area contributed by atoms with Gasteiger partial charge in [-0.2, -0.15) is 0 Å². The van der Waals surface area contributed by atoms with Crippen LogP contribution in [0.15, 0.2) is 0 Å². The van der Waals surface area contributed by atoms with Gasteiger partial charge in [-0.3, -0.25) is 0 Å². The van der Waals surface area contributed by atoms with Crippen molar-refractivity contribution >= 4 is 5.97 Å². The van der Waals surface area contributed by atoms with Crippen molar-refractivity contribution in [2.24, 2.45) is 5.92 Å². The van der Waals surface area contributed by atoms with Crippen LogP contribution in [0.25, 0.3) is 0 Å². The summed E-state index contributed by atoms with van der Waals surface area (Å²) >= 11 is 0. The van der Waals surface area contributed by atoms with Gasteiger partial charge in [0.15, 0.2) is 0 Å². The van der Waals surface area contributed by atoms with Crippen LogP contribution in [0.4, 0.5) is 0 Å². The lowest BCUT2D eigenvalue weighted by molar-refractivity contribution is -0.302. The summed E-state index contributed by atoms with van der Waals surface area (Å²) in [6.07, 6.45) is 7.41. The van der Waals surface area contributed by atoms with Gasteiger partial charge in [0.1, 0.15) is 0 Å². The van der Waals surface area contributed by atoms with Gasteiger partial charge in [-0.15, -0.1) is 0 Å². The molecule has 1 rings (SSSR count). The number of carbonyl (C=O) groups excluding carboxylic acids is 1. The third-order valence-electron chi connectivity index (χ3n) is 1.66. The van der Waals surface area contributed by atoms with E-state index in [1.54, 1.807) is 0 Å². The molecule has 0 atom stereocenters. The van der Waals surface area contributed by atoms with Crippen LogP contribution in [0.2, 0.25) is 0 Å². The van der Waals surface area contributed by atoms with Gasteiger partial charge in [0.05, 0.1) is 0 Å². The first-order valence-electron chi connectivity index (χ1n) is 4.34. The second-order valence-electron chi connectivity index (χ2n) is 3.08. The number of carboxylic acids is 1. The fourth-order valence-corrected chi connectivity index (χ4v) is 0.899. The summed E-state index contributed by atoms with van der Waals surface area (Å²) in [7, 11) is 0. The van der Waals surface area contributed by atoms with E-state index in [1.165, 1.54) is 32.1 Å². The normalized spacial score (nSPS) is 15.1. The zero-order chi connectivity index (χ0) is 8.69. The van der Waals surface area contributed by atoms with Crippen LogP contribution in [-0.2, 0) is 4.79 Å². The number of rotatable bonds is 3. The maximum absolute atomic E-state index is 8.89. The van der Waals surface area contributed by atoms with Crippen molar-refractivity contribution in [2.75, 3.05) is 0 Å². The van der Waals surface area contributed by atoms with Gasteiger partial charge < -0.3 is 9.90 Å². The molecule has 1 aliphatic rings. The molecule has 1 saturated carbocycles. The molecule has 66 valence electrons. The first kappa shape index (κ1) is 10.5. The van der Waals surface area contributed by atoms with E-state index >= 15 is 0 Å². The van der Waals surface area contributed by atoms with Gasteiger partial charge in [-0.05, 0) is 12.8 Å². The number of unbranched alkanes of at least 4 members (excludes halogenated alkanes) is 1. The topological polar surface area (TPSA) is 40.1 Å². The van der Waals surface area contributed by atoms with Crippen molar-refractivity contribution in [3.8, 4) is 0 Å². The molecular formula is C9H17O2-. The third kappa shape index (κ3) is 12.6. The molecule has 0 aromatic rings. The smallest absolute Gasteiger partial charge is 0.0383 e. The van der Waals surface area contributed by atoms with Gasteiger partial charge in [-0.1, -0.05) is 39.0 Å². The predicted molar refractivity (Wildman–Crippen MR) is 42.9 cm³/mol. The molecular weight excluding hydrogens is 140 g/mol. The fourth-order valence-electron chi connectivity index (χ4n) is 0.899. The van der Waals surface area contributed by atoms with Crippen LogP contribution in [0.5, 0.6) is 0 Å². The van der Waals surface area contributed by atoms with Crippen molar-refractivity contribution in [3.05, 3.63) is 0 Å². The summed E-state index contributed by atoms with van der Waals surface area (Å²) in [5.41, 5.74) is 0. The summed E-state index contributed by atoms with van der Waals surface area (Å²) in [5.74, 6) is 0.0694. The largest absolute Gasteiger partial charge is 0.550 e. The number of carboxylic acid groups (broad SMARTS) is 1. The van der Waals surface area contributed by atoms with Crippen LogP contribution in [0.1, 0.15) is 46.0 Å². The Labute approximate surface area is 68.6 Å². The molecule has 0 unspecified atom stereocenters. The highest BCUT2D eigenvalue weighted by molar-refractivity contribution is 5.60. The van der Waals surface area contributed by atoms with Crippen LogP contribution >= 0.6 is 0 Å². The second-order valence-corrected chi connectivity index (χ2v) is 3.08. The van der Waals surface area contributed by atoms with Gasteiger partial charge >= 0.3 is 0 Å². The summed E-state index contributed by atoms with van der Waals surface area (Å²) < 4.78 is 0. The highest BCUT2D eigenvalue weighted by Crippen LogP contribution is 2.33. The van der Waals surface area contributed by atoms with Crippen LogP contribution in [0, 0.1) is 5.92 Å². The van der Waals surface area contributed by atoms with E-state index in [0.717, 1.165) is 12.8 Å². The predicted octanol–water partition coefficient (Wildman–Crippen LogP) is 1.34. The van der Waals surface area contributed by atoms with Gasteiger partial charge in [0, 0.05) is 5.97 Å². The Morgan fingerprint density at radius 2 is 2.00 bits per heavy atom. The molecule has 0 aromatic heterocycles. The van der Waals surface area contributed by atoms with Gasteiger partial charge in [-0.25, -0.2) is 0 Å².